The first-order valence-corrected chi connectivity index (χ1v) is 13.8. The van der Waals surface area contributed by atoms with Crippen LogP contribution in [0.25, 0.3) is 11.8 Å². The number of thiazole rings is 1. The summed E-state index contributed by atoms with van der Waals surface area (Å²) < 4.78 is 19.1. The van der Waals surface area contributed by atoms with Gasteiger partial charge < -0.3 is 14.2 Å². The van der Waals surface area contributed by atoms with Gasteiger partial charge in [0.05, 0.1) is 42.7 Å². The van der Waals surface area contributed by atoms with Gasteiger partial charge in [0.2, 0.25) is 0 Å². The minimum atomic E-state index is -0.752. The Morgan fingerprint density at radius 1 is 1.03 bits per heavy atom. The number of esters is 1. The Labute approximate surface area is 237 Å². The molecule has 0 radical (unpaired) electrons. The van der Waals surface area contributed by atoms with E-state index < -0.39 is 12.0 Å². The maximum absolute atomic E-state index is 14.0. The summed E-state index contributed by atoms with van der Waals surface area (Å²) in [7, 11) is 3.18. The van der Waals surface area contributed by atoms with E-state index >= 15 is 0 Å². The predicted molar refractivity (Wildman–Crippen MR) is 155 cm³/mol. The van der Waals surface area contributed by atoms with Gasteiger partial charge in [-0.15, -0.1) is 0 Å². The molecule has 7 nitrogen and oxygen atoms in total. The van der Waals surface area contributed by atoms with Crippen molar-refractivity contribution in [2.24, 2.45) is 4.99 Å². The summed E-state index contributed by atoms with van der Waals surface area (Å²) in [6, 6.07) is 21.6. The van der Waals surface area contributed by atoms with Gasteiger partial charge in [0, 0.05) is 10.0 Å². The molecule has 0 saturated carbocycles. The number of rotatable bonds is 7. The molecule has 0 saturated heterocycles. The molecule has 0 N–H and O–H groups in total. The normalized spacial score (nSPS) is 15.0. The summed E-state index contributed by atoms with van der Waals surface area (Å²) in [6.45, 7) is 1.94. The molecule has 0 aliphatic carbocycles. The summed E-state index contributed by atoms with van der Waals surface area (Å²) in [5.41, 5.74) is 2.79. The van der Waals surface area contributed by atoms with Crippen molar-refractivity contribution in [1.29, 1.82) is 0 Å². The monoisotopic (exact) mass is 604 g/mol. The van der Waals surface area contributed by atoms with Gasteiger partial charge in [-0.25, -0.2) is 9.79 Å². The predicted octanol–water partition coefficient (Wildman–Crippen LogP) is 4.72. The van der Waals surface area contributed by atoms with E-state index in [1.807, 2.05) is 72.8 Å². The van der Waals surface area contributed by atoms with Crippen LogP contribution in [0.15, 0.2) is 92.6 Å². The van der Waals surface area contributed by atoms with Gasteiger partial charge >= 0.3 is 5.97 Å². The summed E-state index contributed by atoms with van der Waals surface area (Å²) in [4.78, 5) is 32.9. The van der Waals surface area contributed by atoms with Crippen LogP contribution < -0.4 is 24.4 Å². The van der Waals surface area contributed by atoms with E-state index in [1.54, 1.807) is 31.8 Å². The van der Waals surface area contributed by atoms with Crippen LogP contribution in [-0.4, -0.2) is 31.4 Å². The molecule has 9 heteroatoms. The molecule has 0 spiro atoms. The Kier molecular flexibility index (Phi) is 7.81. The van der Waals surface area contributed by atoms with Gasteiger partial charge in [0.15, 0.2) is 4.80 Å². The minimum absolute atomic E-state index is 0.189. The summed E-state index contributed by atoms with van der Waals surface area (Å²) in [5.74, 6) is 0.814. The van der Waals surface area contributed by atoms with Gasteiger partial charge in [-0.3, -0.25) is 9.36 Å². The Morgan fingerprint density at radius 3 is 2.38 bits per heavy atom. The van der Waals surface area contributed by atoms with Crippen LogP contribution in [0.3, 0.4) is 0 Å². The third-order valence-corrected chi connectivity index (χ3v) is 8.00. The summed E-state index contributed by atoms with van der Waals surface area (Å²) in [5, 5.41) is 0. The lowest BCUT2D eigenvalue weighted by Crippen LogP contribution is -2.40. The minimum Gasteiger partial charge on any atom is -0.497 e. The van der Waals surface area contributed by atoms with E-state index in [-0.39, 0.29) is 12.2 Å². The van der Waals surface area contributed by atoms with Crippen LogP contribution in [-0.2, 0) is 9.53 Å². The van der Waals surface area contributed by atoms with Crippen LogP contribution in [0, 0.1) is 0 Å². The number of benzene rings is 3. The number of carbonyl (C=O) groups is 1. The van der Waals surface area contributed by atoms with Gasteiger partial charge in [-0.1, -0.05) is 69.7 Å². The third kappa shape index (κ3) is 5.20. The first kappa shape index (κ1) is 26.6. The fourth-order valence-corrected chi connectivity index (χ4v) is 5.80. The van der Waals surface area contributed by atoms with Crippen molar-refractivity contribution in [3.05, 3.63) is 119 Å². The number of carbonyl (C=O) groups excluding carboxylic acids is 1. The van der Waals surface area contributed by atoms with Crippen molar-refractivity contribution >= 4 is 45.0 Å². The number of aromatic nitrogens is 1. The van der Waals surface area contributed by atoms with Crippen molar-refractivity contribution in [2.75, 3.05) is 20.8 Å². The standard InChI is InChI=1S/C30H25BrN2O5S/c1-4-38-29(35)25-26(18-8-6-5-7-9-18)32-30-33(27(25)19-10-12-21(36-2)13-11-19)28(34)24(39-30)17-20-16-22(37-3)14-15-23(20)31/h5-17,27H,4H2,1-3H3/b24-17-/t27-/m0/s1. The maximum Gasteiger partial charge on any atom is 0.338 e. The van der Waals surface area contributed by atoms with Crippen LogP contribution in [0.4, 0.5) is 0 Å². The molecule has 3 aromatic carbocycles. The molecule has 0 bridgehead atoms. The van der Waals surface area contributed by atoms with E-state index in [9.17, 15) is 9.59 Å². The van der Waals surface area contributed by atoms with E-state index in [4.69, 9.17) is 19.2 Å². The molecule has 0 fully saturated rings. The zero-order chi connectivity index (χ0) is 27.5. The highest BCUT2D eigenvalue weighted by Gasteiger charge is 2.35. The number of methoxy groups -OCH3 is 2. The molecule has 1 aromatic heterocycles. The number of hydrogen-bond donors (Lipinski definition) is 0. The topological polar surface area (TPSA) is 79.1 Å². The first-order valence-electron chi connectivity index (χ1n) is 12.2. The quantitative estimate of drug-likeness (QED) is 0.285. The summed E-state index contributed by atoms with van der Waals surface area (Å²) >= 11 is 4.83. The van der Waals surface area contributed by atoms with Crippen LogP contribution >= 0.6 is 27.3 Å². The van der Waals surface area contributed by atoms with Crippen LogP contribution in [0.2, 0.25) is 0 Å². The highest BCUT2D eigenvalue weighted by Crippen LogP contribution is 2.35. The molecular weight excluding hydrogens is 580 g/mol. The van der Waals surface area contributed by atoms with Gasteiger partial charge in [0.25, 0.3) is 5.56 Å². The number of fused-ring (bicyclic) bond motifs is 1. The maximum atomic E-state index is 14.0. The summed E-state index contributed by atoms with van der Waals surface area (Å²) in [6.07, 6.45) is 1.80. The SMILES string of the molecule is CCOC(=O)C1=C(c2ccccc2)N=c2s/c(=C\c3cc(OC)ccc3Br)c(=O)n2[C@H]1c1ccc(OC)cc1. The molecule has 0 unspecified atom stereocenters. The van der Waals surface area contributed by atoms with E-state index in [0.29, 0.717) is 32.1 Å². The highest BCUT2D eigenvalue weighted by molar-refractivity contribution is 9.10. The van der Waals surface area contributed by atoms with Crippen molar-refractivity contribution in [2.45, 2.75) is 13.0 Å². The fraction of sp³-hybridized carbons (Fsp3) is 0.167. The fourth-order valence-electron chi connectivity index (χ4n) is 4.44. The van der Waals surface area contributed by atoms with Gasteiger partial charge in [0.1, 0.15) is 11.5 Å². The number of ether oxygens (including phenoxy) is 3. The van der Waals surface area contributed by atoms with Crippen molar-refractivity contribution in [3.63, 3.8) is 0 Å². The zero-order valence-electron chi connectivity index (χ0n) is 21.5. The Balaban J connectivity index is 1.82. The van der Waals surface area contributed by atoms with Crippen molar-refractivity contribution in [1.82, 2.24) is 4.57 Å². The smallest absolute Gasteiger partial charge is 0.338 e. The number of hydrogen-bond acceptors (Lipinski definition) is 7. The second kappa shape index (κ2) is 11.4. The lowest BCUT2D eigenvalue weighted by Gasteiger charge is -2.26. The largest absolute Gasteiger partial charge is 0.497 e. The van der Waals surface area contributed by atoms with Gasteiger partial charge in [-0.05, 0) is 54.5 Å². The molecule has 198 valence electrons. The molecule has 1 aliphatic heterocycles. The lowest BCUT2D eigenvalue weighted by atomic mass is 9.93. The third-order valence-electron chi connectivity index (χ3n) is 6.29. The molecule has 2 heterocycles. The van der Waals surface area contributed by atoms with E-state index in [1.165, 1.54) is 11.3 Å². The van der Waals surface area contributed by atoms with E-state index in [0.717, 1.165) is 21.2 Å². The Bertz CT molecular complexity index is 1740. The number of nitrogens with zero attached hydrogens (tertiary/aromatic N) is 2. The highest BCUT2D eigenvalue weighted by atomic mass is 79.9. The first-order chi connectivity index (χ1) is 18.9. The van der Waals surface area contributed by atoms with Crippen LogP contribution in [0.1, 0.15) is 29.7 Å². The molecule has 0 amide bonds. The van der Waals surface area contributed by atoms with Crippen molar-refractivity contribution in [3.8, 4) is 11.5 Å². The Morgan fingerprint density at radius 2 is 1.72 bits per heavy atom. The Hall–Kier alpha value is -3.95. The zero-order valence-corrected chi connectivity index (χ0v) is 23.9. The second-order valence-corrected chi connectivity index (χ2v) is 10.5. The van der Waals surface area contributed by atoms with E-state index in [2.05, 4.69) is 15.9 Å². The number of halogens is 1. The molecule has 1 aliphatic rings. The van der Waals surface area contributed by atoms with Crippen LogP contribution in [0.5, 0.6) is 11.5 Å². The van der Waals surface area contributed by atoms with Gasteiger partial charge in [-0.2, -0.15) is 0 Å². The molecular formula is C30H25BrN2O5S. The second-order valence-electron chi connectivity index (χ2n) is 8.59. The lowest BCUT2D eigenvalue weighted by molar-refractivity contribution is -0.138. The molecule has 5 rings (SSSR count). The average Bonchev–Trinajstić information content (AvgIpc) is 3.28. The molecule has 39 heavy (non-hydrogen) atoms. The van der Waals surface area contributed by atoms with Crippen molar-refractivity contribution < 1.29 is 19.0 Å². The molecule has 1 atom stereocenters. The molecule has 4 aromatic rings. The average molecular weight is 606 g/mol.